The maximum atomic E-state index is 11.4. The molecule has 2 N–H and O–H groups in total. The van der Waals surface area contributed by atoms with Gasteiger partial charge in [-0.3, -0.25) is 0 Å². The van der Waals surface area contributed by atoms with Crippen LogP contribution in [0.15, 0.2) is 18.2 Å². The molecule has 0 fully saturated rings. The summed E-state index contributed by atoms with van der Waals surface area (Å²) in [4.78, 5) is 22.7. The number of carbonyl (C=O) groups excluding carboxylic acids is 2. The van der Waals surface area contributed by atoms with Gasteiger partial charge in [0.25, 0.3) is 0 Å². The summed E-state index contributed by atoms with van der Waals surface area (Å²) in [5.74, 6) is 4.70. The van der Waals surface area contributed by atoms with Gasteiger partial charge in [0.1, 0.15) is 11.4 Å². The molecule has 0 aromatic heterocycles. The highest BCUT2D eigenvalue weighted by Crippen LogP contribution is 2.18. The number of hydrogen-bond donors (Lipinski definition) is 2. The van der Waals surface area contributed by atoms with Crippen molar-refractivity contribution in [3.05, 3.63) is 29.3 Å². The van der Waals surface area contributed by atoms with Gasteiger partial charge in [-0.25, -0.2) is 9.59 Å². The van der Waals surface area contributed by atoms with E-state index in [0.717, 1.165) is 0 Å². The molecule has 1 aromatic rings. The third-order valence-electron chi connectivity index (χ3n) is 2.36. The number of methoxy groups -OCH3 is 1. The molecule has 0 unspecified atom stereocenters. The fraction of sp³-hybridized carbons (Fsp3) is 0.375. The molecule has 0 spiro atoms. The third-order valence-corrected chi connectivity index (χ3v) is 2.36. The number of esters is 1. The number of carbonyl (C=O) groups is 2. The van der Waals surface area contributed by atoms with Crippen LogP contribution in [0.2, 0.25) is 0 Å². The first-order chi connectivity index (χ1) is 10.2. The predicted molar refractivity (Wildman–Crippen MR) is 80.6 cm³/mol. The second kappa shape index (κ2) is 7.36. The average molecular weight is 305 g/mol. The van der Waals surface area contributed by atoms with Gasteiger partial charge >= 0.3 is 12.1 Å². The van der Waals surface area contributed by atoms with Gasteiger partial charge in [0, 0.05) is 0 Å². The number of ether oxygens (including phenoxy) is 2. The Bertz CT molecular complexity index is 620. The first kappa shape index (κ1) is 17.4. The van der Waals surface area contributed by atoms with Crippen molar-refractivity contribution in [3.63, 3.8) is 0 Å². The minimum Gasteiger partial charge on any atom is -0.507 e. The zero-order chi connectivity index (χ0) is 16.8. The Balaban J connectivity index is 2.62. The molecule has 0 heterocycles. The Morgan fingerprint density at radius 3 is 2.55 bits per heavy atom. The second-order valence-corrected chi connectivity index (χ2v) is 5.38. The van der Waals surface area contributed by atoms with Crippen LogP contribution in [0.25, 0.3) is 0 Å². The van der Waals surface area contributed by atoms with Gasteiger partial charge in [-0.15, -0.1) is 0 Å². The monoisotopic (exact) mass is 305 g/mol. The van der Waals surface area contributed by atoms with Crippen LogP contribution in [0.1, 0.15) is 36.7 Å². The number of benzene rings is 1. The van der Waals surface area contributed by atoms with Crippen LogP contribution in [0.3, 0.4) is 0 Å². The number of amides is 1. The molecular formula is C16H19NO5. The zero-order valence-electron chi connectivity index (χ0n) is 13.0. The van der Waals surface area contributed by atoms with Gasteiger partial charge < -0.3 is 19.9 Å². The van der Waals surface area contributed by atoms with Crippen LogP contribution in [-0.2, 0) is 9.47 Å². The Hall–Kier alpha value is -2.68. The van der Waals surface area contributed by atoms with E-state index >= 15 is 0 Å². The van der Waals surface area contributed by atoms with Crippen LogP contribution in [-0.4, -0.2) is 36.4 Å². The third kappa shape index (κ3) is 5.75. The maximum absolute atomic E-state index is 11.4. The smallest absolute Gasteiger partial charge is 0.408 e. The van der Waals surface area contributed by atoms with Crippen LogP contribution in [0.4, 0.5) is 4.79 Å². The molecule has 0 aliphatic carbocycles. The van der Waals surface area contributed by atoms with Crippen LogP contribution in [0.5, 0.6) is 5.75 Å². The van der Waals surface area contributed by atoms with Gasteiger partial charge in [-0.05, 0) is 39.0 Å². The van der Waals surface area contributed by atoms with Crippen molar-refractivity contribution in [2.45, 2.75) is 26.4 Å². The highest BCUT2D eigenvalue weighted by Gasteiger charge is 2.15. The minimum atomic E-state index is -0.570. The predicted octanol–water partition coefficient (Wildman–Crippen LogP) is 2.05. The van der Waals surface area contributed by atoms with Gasteiger partial charge in [0.15, 0.2) is 0 Å². The van der Waals surface area contributed by atoms with Crippen molar-refractivity contribution in [1.29, 1.82) is 0 Å². The summed E-state index contributed by atoms with van der Waals surface area (Å²) in [5, 5.41) is 12.3. The van der Waals surface area contributed by atoms with Crippen LogP contribution >= 0.6 is 0 Å². The SMILES string of the molecule is COC(=O)c1ccc(C#CCNC(=O)OC(C)(C)C)c(O)c1. The number of phenols is 1. The summed E-state index contributed by atoms with van der Waals surface area (Å²) in [5.41, 5.74) is 0.00975. The summed E-state index contributed by atoms with van der Waals surface area (Å²) in [6, 6.07) is 4.27. The van der Waals surface area contributed by atoms with Crippen molar-refractivity contribution in [2.75, 3.05) is 13.7 Å². The van der Waals surface area contributed by atoms with Crippen LogP contribution in [0, 0.1) is 11.8 Å². The van der Waals surface area contributed by atoms with Crippen molar-refractivity contribution in [3.8, 4) is 17.6 Å². The van der Waals surface area contributed by atoms with Gasteiger partial charge in [-0.2, -0.15) is 0 Å². The molecule has 0 saturated carbocycles. The van der Waals surface area contributed by atoms with Gasteiger partial charge in [-0.1, -0.05) is 11.8 Å². The van der Waals surface area contributed by atoms with Gasteiger partial charge in [0.2, 0.25) is 0 Å². The molecule has 1 rings (SSSR count). The standard InChI is InChI=1S/C16H19NO5/c1-16(2,3)22-15(20)17-9-5-6-11-7-8-12(10-13(11)18)14(19)21-4/h7-8,10,18H,9H2,1-4H3,(H,17,20). The molecular weight excluding hydrogens is 286 g/mol. The fourth-order valence-corrected chi connectivity index (χ4v) is 1.45. The quantitative estimate of drug-likeness (QED) is 0.645. The summed E-state index contributed by atoms with van der Waals surface area (Å²) >= 11 is 0. The molecule has 0 bridgehead atoms. The van der Waals surface area contributed by atoms with E-state index in [1.165, 1.54) is 25.3 Å². The Labute approximate surface area is 129 Å². The molecule has 6 nitrogen and oxygen atoms in total. The number of phenolic OH excluding ortho intramolecular Hbond substituents is 1. The van der Waals surface area contributed by atoms with E-state index in [9.17, 15) is 14.7 Å². The lowest BCUT2D eigenvalue weighted by molar-refractivity contribution is 0.0533. The van der Waals surface area contributed by atoms with E-state index in [-0.39, 0.29) is 17.9 Å². The molecule has 0 saturated heterocycles. The molecule has 1 aromatic carbocycles. The van der Waals surface area contributed by atoms with E-state index in [2.05, 4.69) is 21.9 Å². The molecule has 0 atom stereocenters. The molecule has 118 valence electrons. The molecule has 0 aliphatic heterocycles. The normalized spacial score (nSPS) is 10.2. The number of rotatable bonds is 2. The highest BCUT2D eigenvalue weighted by molar-refractivity contribution is 5.90. The van der Waals surface area contributed by atoms with Crippen molar-refractivity contribution in [1.82, 2.24) is 5.32 Å². The molecule has 6 heteroatoms. The van der Waals surface area contributed by atoms with Gasteiger partial charge in [0.05, 0.1) is 24.8 Å². The summed E-state index contributed by atoms with van der Waals surface area (Å²) in [6.45, 7) is 5.37. The van der Waals surface area contributed by atoms with E-state index in [1.807, 2.05) is 0 Å². The largest absolute Gasteiger partial charge is 0.507 e. The molecule has 1 amide bonds. The Kier molecular flexibility index (Phi) is 5.81. The first-order valence-corrected chi connectivity index (χ1v) is 6.60. The van der Waals surface area contributed by atoms with E-state index < -0.39 is 17.7 Å². The zero-order valence-corrected chi connectivity index (χ0v) is 13.0. The number of nitrogens with one attached hydrogen (secondary N) is 1. The topological polar surface area (TPSA) is 84.9 Å². The van der Waals surface area contributed by atoms with Crippen molar-refractivity contribution < 1.29 is 24.2 Å². The van der Waals surface area contributed by atoms with E-state index in [0.29, 0.717) is 5.56 Å². The van der Waals surface area contributed by atoms with Crippen LogP contribution < -0.4 is 5.32 Å². The van der Waals surface area contributed by atoms with Crippen molar-refractivity contribution >= 4 is 12.1 Å². The lowest BCUT2D eigenvalue weighted by atomic mass is 10.1. The molecule has 0 aliphatic rings. The maximum Gasteiger partial charge on any atom is 0.408 e. The lowest BCUT2D eigenvalue weighted by Crippen LogP contribution is -2.32. The average Bonchev–Trinajstić information content (AvgIpc) is 2.42. The second-order valence-electron chi connectivity index (χ2n) is 5.38. The lowest BCUT2D eigenvalue weighted by Gasteiger charge is -2.19. The summed E-state index contributed by atoms with van der Waals surface area (Å²) in [7, 11) is 1.26. The Morgan fingerprint density at radius 2 is 2.00 bits per heavy atom. The number of hydrogen-bond acceptors (Lipinski definition) is 5. The van der Waals surface area contributed by atoms with Crippen molar-refractivity contribution in [2.24, 2.45) is 0 Å². The molecule has 22 heavy (non-hydrogen) atoms. The number of alkyl carbamates (subject to hydrolysis) is 1. The summed E-state index contributed by atoms with van der Waals surface area (Å²) < 4.78 is 9.60. The highest BCUT2D eigenvalue weighted by atomic mass is 16.6. The molecule has 0 radical (unpaired) electrons. The number of aromatic hydroxyl groups is 1. The minimum absolute atomic E-state index is 0.0765. The fourth-order valence-electron chi connectivity index (χ4n) is 1.45. The summed E-state index contributed by atoms with van der Waals surface area (Å²) in [6.07, 6.45) is -0.563. The first-order valence-electron chi connectivity index (χ1n) is 6.60. The Morgan fingerprint density at radius 1 is 1.32 bits per heavy atom. The van der Waals surface area contributed by atoms with E-state index in [1.54, 1.807) is 20.8 Å². The van der Waals surface area contributed by atoms with E-state index in [4.69, 9.17) is 4.74 Å².